The van der Waals surface area contributed by atoms with Crippen LogP contribution in [0.3, 0.4) is 0 Å². The Bertz CT molecular complexity index is 875. The maximum Gasteiger partial charge on any atom is 0.337 e. The number of carbonyl (C=O) groups excluding carboxylic acids is 3. The number of hydrogen-bond acceptors (Lipinski definition) is 5. The Hall–Kier alpha value is -3.19. The van der Waals surface area contributed by atoms with Gasteiger partial charge in [-0.2, -0.15) is 0 Å². The van der Waals surface area contributed by atoms with E-state index in [-0.39, 0.29) is 17.0 Å². The van der Waals surface area contributed by atoms with E-state index in [1.165, 1.54) is 43.5 Å². The van der Waals surface area contributed by atoms with Gasteiger partial charge < -0.3 is 19.7 Å². The molecule has 146 valence electrons. The number of quaternary nitrogens is 1. The molecule has 7 heteroatoms. The van der Waals surface area contributed by atoms with Crippen molar-refractivity contribution < 1.29 is 28.8 Å². The van der Waals surface area contributed by atoms with Gasteiger partial charge in [-0.1, -0.05) is 24.3 Å². The molecule has 2 N–H and O–H groups in total. The molecule has 0 aromatic heterocycles. The van der Waals surface area contributed by atoms with Crippen LogP contribution in [0.2, 0.25) is 0 Å². The Morgan fingerprint density at radius 3 is 2.18 bits per heavy atom. The minimum atomic E-state index is -0.598. The van der Waals surface area contributed by atoms with Crippen molar-refractivity contribution in [2.75, 3.05) is 32.6 Å². The molecule has 0 saturated carbocycles. The first-order valence-corrected chi connectivity index (χ1v) is 9.02. The third-order valence-electron chi connectivity index (χ3n) is 4.78. The summed E-state index contributed by atoms with van der Waals surface area (Å²) in [7, 11) is 2.51. The Kier molecular flexibility index (Phi) is 6.06. The summed E-state index contributed by atoms with van der Waals surface area (Å²) in [5, 5.41) is 2.78. The number of methoxy groups -OCH3 is 2. The first kappa shape index (κ1) is 19.6. The molecule has 0 aliphatic carbocycles. The van der Waals surface area contributed by atoms with Gasteiger partial charge in [0.25, 0.3) is 5.91 Å². The third kappa shape index (κ3) is 4.55. The maximum absolute atomic E-state index is 12.5. The van der Waals surface area contributed by atoms with E-state index in [2.05, 4.69) is 17.4 Å². The average molecular weight is 383 g/mol. The minimum Gasteiger partial charge on any atom is -0.465 e. The Balaban J connectivity index is 1.71. The van der Waals surface area contributed by atoms with Crippen molar-refractivity contribution in [1.82, 2.24) is 0 Å². The zero-order valence-corrected chi connectivity index (χ0v) is 15.9. The number of anilines is 1. The molecule has 2 aromatic carbocycles. The second-order valence-corrected chi connectivity index (χ2v) is 6.70. The molecule has 1 aliphatic rings. The summed E-state index contributed by atoms with van der Waals surface area (Å²) in [6, 6.07) is 12.6. The molecule has 1 atom stereocenters. The maximum atomic E-state index is 12.5. The number of carbonyl (C=O) groups is 3. The molecule has 1 unspecified atom stereocenters. The van der Waals surface area contributed by atoms with Gasteiger partial charge in [0, 0.05) is 17.7 Å². The zero-order chi connectivity index (χ0) is 20.1. The summed E-state index contributed by atoms with van der Waals surface area (Å²) in [6.07, 6.45) is 0.934. The van der Waals surface area contributed by atoms with Gasteiger partial charge in [0.2, 0.25) is 0 Å². The van der Waals surface area contributed by atoms with Crippen molar-refractivity contribution >= 4 is 23.5 Å². The second-order valence-electron chi connectivity index (χ2n) is 6.70. The molecule has 1 amide bonds. The predicted molar refractivity (Wildman–Crippen MR) is 102 cm³/mol. The highest BCUT2D eigenvalue weighted by molar-refractivity contribution is 5.99. The second kappa shape index (κ2) is 8.67. The highest BCUT2D eigenvalue weighted by Crippen LogP contribution is 2.17. The highest BCUT2D eigenvalue weighted by Gasteiger charge is 2.22. The van der Waals surface area contributed by atoms with Crippen LogP contribution in [0, 0.1) is 0 Å². The number of amides is 1. The molecular formula is C21H23N2O5+. The van der Waals surface area contributed by atoms with Gasteiger partial charge in [0.1, 0.15) is 6.54 Å². The van der Waals surface area contributed by atoms with Gasteiger partial charge in [-0.3, -0.25) is 4.79 Å². The van der Waals surface area contributed by atoms with E-state index in [9.17, 15) is 14.4 Å². The Morgan fingerprint density at radius 2 is 1.57 bits per heavy atom. The fraction of sp³-hybridized carbons (Fsp3) is 0.286. The van der Waals surface area contributed by atoms with E-state index in [0.717, 1.165) is 24.4 Å². The van der Waals surface area contributed by atoms with Crippen molar-refractivity contribution in [1.29, 1.82) is 0 Å². The summed E-state index contributed by atoms with van der Waals surface area (Å²) in [5.41, 5.74) is 3.28. The largest absolute Gasteiger partial charge is 0.465 e. The number of nitrogens with one attached hydrogen (secondary N) is 2. The van der Waals surface area contributed by atoms with Crippen LogP contribution in [-0.4, -0.2) is 45.2 Å². The first-order valence-electron chi connectivity index (χ1n) is 9.02. The molecule has 3 rings (SSSR count). The number of hydrogen-bond donors (Lipinski definition) is 2. The molecule has 0 bridgehead atoms. The van der Waals surface area contributed by atoms with Gasteiger partial charge >= 0.3 is 11.9 Å². The van der Waals surface area contributed by atoms with Crippen molar-refractivity contribution in [2.45, 2.75) is 13.0 Å². The monoisotopic (exact) mass is 383 g/mol. The number of benzene rings is 2. The first-order chi connectivity index (χ1) is 13.5. The lowest BCUT2D eigenvalue weighted by Gasteiger charge is -2.25. The Morgan fingerprint density at radius 1 is 0.964 bits per heavy atom. The van der Waals surface area contributed by atoms with E-state index in [1.807, 2.05) is 12.1 Å². The predicted octanol–water partition coefficient (Wildman–Crippen LogP) is 0.840. The highest BCUT2D eigenvalue weighted by atomic mass is 16.5. The van der Waals surface area contributed by atoms with Gasteiger partial charge in [-0.05, 0) is 23.8 Å². The van der Waals surface area contributed by atoms with Crippen LogP contribution in [0.5, 0.6) is 0 Å². The van der Waals surface area contributed by atoms with Gasteiger partial charge in [0.05, 0.1) is 31.9 Å². The third-order valence-corrected chi connectivity index (χ3v) is 4.78. The molecule has 0 fully saturated rings. The van der Waals surface area contributed by atoms with Crippen molar-refractivity contribution in [3.05, 3.63) is 64.7 Å². The minimum absolute atomic E-state index is 0.167. The fourth-order valence-corrected chi connectivity index (χ4v) is 3.40. The van der Waals surface area contributed by atoms with E-state index in [1.54, 1.807) is 0 Å². The number of fused-ring (bicyclic) bond motifs is 1. The van der Waals surface area contributed by atoms with Crippen molar-refractivity contribution in [3.63, 3.8) is 0 Å². The number of esters is 2. The molecule has 1 aliphatic heterocycles. The van der Waals surface area contributed by atoms with Gasteiger partial charge in [-0.15, -0.1) is 0 Å². The Labute approximate surface area is 163 Å². The lowest BCUT2D eigenvalue weighted by atomic mass is 10.00. The van der Waals surface area contributed by atoms with Crippen LogP contribution in [0.4, 0.5) is 5.69 Å². The molecular weight excluding hydrogens is 360 g/mol. The molecule has 0 radical (unpaired) electrons. The molecule has 1 heterocycles. The molecule has 7 nitrogen and oxygen atoms in total. The van der Waals surface area contributed by atoms with E-state index in [0.29, 0.717) is 12.2 Å². The summed E-state index contributed by atoms with van der Waals surface area (Å²) >= 11 is 0. The lowest BCUT2D eigenvalue weighted by molar-refractivity contribution is -0.907. The molecule has 0 saturated heterocycles. The van der Waals surface area contributed by atoms with E-state index in [4.69, 9.17) is 9.47 Å². The number of rotatable bonds is 5. The van der Waals surface area contributed by atoms with Crippen LogP contribution in [0.1, 0.15) is 31.8 Å². The van der Waals surface area contributed by atoms with E-state index < -0.39 is 11.9 Å². The smallest absolute Gasteiger partial charge is 0.337 e. The summed E-state index contributed by atoms with van der Waals surface area (Å²) in [5.74, 6) is -1.38. The normalized spacial score (nSPS) is 15.3. The van der Waals surface area contributed by atoms with Crippen LogP contribution in [0.25, 0.3) is 0 Å². The molecule has 2 aromatic rings. The quantitative estimate of drug-likeness (QED) is 0.748. The van der Waals surface area contributed by atoms with Gasteiger partial charge in [0.15, 0.2) is 6.54 Å². The topological polar surface area (TPSA) is 86.1 Å². The van der Waals surface area contributed by atoms with Gasteiger partial charge in [-0.25, -0.2) is 9.59 Å². The fourth-order valence-electron chi connectivity index (χ4n) is 3.40. The average Bonchev–Trinajstić information content (AvgIpc) is 2.72. The van der Waals surface area contributed by atoms with E-state index >= 15 is 0 Å². The molecule has 0 spiro atoms. The van der Waals surface area contributed by atoms with Crippen LogP contribution in [-0.2, 0) is 27.2 Å². The van der Waals surface area contributed by atoms with Crippen molar-refractivity contribution in [2.24, 2.45) is 0 Å². The zero-order valence-electron chi connectivity index (χ0n) is 15.9. The SMILES string of the molecule is COC(=O)c1cc(NC(=O)C[NH+]2CCc3ccccc3C2)cc(C(=O)OC)c1. The number of ether oxygens (including phenoxy) is 2. The van der Waals surface area contributed by atoms with Crippen LogP contribution < -0.4 is 10.2 Å². The van der Waals surface area contributed by atoms with Crippen LogP contribution in [0.15, 0.2) is 42.5 Å². The van der Waals surface area contributed by atoms with Crippen LogP contribution >= 0.6 is 0 Å². The summed E-state index contributed by atoms with van der Waals surface area (Å²) in [4.78, 5) is 37.4. The standard InChI is InChI=1S/C21H22N2O5/c1-27-20(25)16-9-17(21(26)28-2)11-18(10-16)22-19(24)13-23-8-7-14-5-3-4-6-15(14)12-23/h3-6,9-11H,7-8,12-13H2,1-2H3,(H,22,24)/p+1. The summed E-state index contributed by atoms with van der Waals surface area (Å²) in [6.45, 7) is 1.96. The summed E-state index contributed by atoms with van der Waals surface area (Å²) < 4.78 is 9.42. The van der Waals surface area contributed by atoms with Crippen molar-refractivity contribution in [3.8, 4) is 0 Å². The lowest BCUT2D eigenvalue weighted by Crippen LogP contribution is -3.12. The molecule has 28 heavy (non-hydrogen) atoms.